The fourth-order valence-corrected chi connectivity index (χ4v) is 26.1. The molecule has 133 valence electrons. The second kappa shape index (κ2) is 9.78. The molecule has 0 aromatic heterocycles. The summed E-state index contributed by atoms with van der Waals surface area (Å²) in [5, 5.41) is 0. The number of hydrogen-bond acceptors (Lipinski definition) is 4. The van der Waals surface area contributed by atoms with Crippen LogP contribution in [0, 0.1) is 0 Å². The molecule has 0 aliphatic heterocycles. The summed E-state index contributed by atoms with van der Waals surface area (Å²) < 4.78 is 0. The van der Waals surface area contributed by atoms with E-state index in [1.54, 1.807) is 0 Å². The number of unbranched alkanes of at least 4 members (excludes halogenated alkanes) is 3. The maximum atomic E-state index is 12.0. The van der Waals surface area contributed by atoms with Crippen molar-refractivity contribution in [2.45, 2.75) is 59.3 Å². The summed E-state index contributed by atoms with van der Waals surface area (Å²) in [5.41, 5.74) is -2.58. The summed E-state index contributed by atoms with van der Waals surface area (Å²) in [6.45, 7) is 6.17. The Balaban J connectivity index is 6.23. The van der Waals surface area contributed by atoms with Gasteiger partial charge in [0, 0.05) is 0 Å². The van der Waals surface area contributed by atoms with Gasteiger partial charge in [-0.1, -0.05) is 0 Å². The number of hydrogen-bond donors (Lipinski definition) is 0. The van der Waals surface area contributed by atoms with Gasteiger partial charge in [0.15, 0.2) is 0 Å². The molecule has 0 radical (unpaired) electrons. The van der Waals surface area contributed by atoms with Gasteiger partial charge < -0.3 is 0 Å². The van der Waals surface area contributed by atoms with Crippen LogP contribution < -0.4 is 0 Å². The molecule has 0 N–H and O–H groups in total. The molecule has 0 rings (SSSR count). The van der Waals surface area contributed by atoms with Gasteiger partial charge in [-0.25, -0.2) is 0 Å². The molecule has 0 heterocycles. The summed E-state index contributed by atoms with van der Waals surface area (Å²) >= 11 is -4.85. The SMILES string of the molecule is CCCC[PH](CCCC)(CCCC)[Ru]([CH]=O)([CH]=O)([CH]=O)[CH]=O. The van der Waals surface area contributed by atoms with E-state index >= 15 is 0 Å². The van der Waals surface area contributed by atoms with E-state index in [0.717, 1.165) is 57.0 Å². The summed E-state index contributed by atoms with van der Waals surface area (Å²) in [6.07, 6.45) is 7.76. The number of carbonyl (C=O) groups excluding carboxylic acids is 4. The third-order valence-electron chi connectivity index (χ3n) is 4.53. The Labute approximate surface area is 135 Å². The topological polar surface area (TPSA) is 68.3 Å². The van der Waals surface area contributed by atoms with Crippen LogP contribution in [-0.2, 0) is 32.3 Å². The van der Waals surface area contributed by atoms with Gasteiger partial charge in [0.05, 0.1) is 0 Å². The van der Waals surface area contributed by atoms with Crippen molar-refractivity contribution in [3.05, 3.63) is 0 Å². The Morgan fingerprint density at radius 1 is 0.636 bits per heavy atom. The molecule has 0 saturated heterocycles. The molecule has 0 fully saturated rings. The molecule has 0 aromatic rings. The van der Waals surface area contributed by atoms with Crippen LogP contribution in [0.5, 0.6) is 0 Å². The van der Waals surface area contributed by atoms with Crippen LogP contribution in [0.4, 0.5) is 0 Å². The third kappa shape index (κ3) is 3.79. The van der Waals surface area contributed by atoms with Gasteiger partial charge in [-0.05, 0) is 0 Å². The molecule has 0 aliphatic rings. The van der Waals surface area contributed by atoms with Crippen molar-refractivity contribution in [1.82, 2.24) is 0 Å². The molecule has 0 aliphatic carbocycles. The molecule has 0 spiro atoms. The van der Waals surface area contributed by atoms with Gasteiger partial charge in [-0.2, -0.15) is 0 Å². The Morgan fingerprint density at radius 3 is 1.09 bits per heavy atom. The Morgan fingerprint density at radius 2 is 0.909 bits per heavy atom. The van der Waals surface area contributed by atoms with Gasteiger partial charge in [0.2, 0.25) is 0 Å². The van der Waals surface area contributed by atoms with Gasteiger partial charge in [0.25, 0.3) is 0 Å². The van der Waals surface area contributed by atoms with E-state index in [9.17, 15) is 19.2 Å². The van der Waals surface area contributed by atoms with Gasteiger partial charge in [0.1, 0.15) is 0 Å². The summed E-state index contributed by atoms with van der Waals surface area (Å²) in [7, 11) is 0. The Bertz CT molecular complexity index is 332. The predicted octanol–water partition coefficient (Wildman–Crippen LogP) is 3.50. The van der Waals surface area contributed by atoms with Crippen LogP contribution in [0.2, 0.25) is 0 Å². The fraction of sp³-hybridized carbons (Fsp3) is 0.750. The van der Waals surface area contributed by atoms with Crippen LogP contribution in [0.15, 0.2) is 0 Å². The van der Waals surface area contributed by atoms with Crippen molar-refractivity contribution >= 4 is 25.1 Å². The zero-order valence-corrected chi connectivity index (χ0v) is 16.9. The first-order chi connectivity index (χ1) is 10.5. The van der Waals surface area contributed by atoms with Crippen LogP contribution in [0.1, 0.15) is 59.3 Å². The average molecular weight is 420 g/mol. The van der Waals surface area contributed by atoms with E-state index in [-0.39, 0.29) is 0 Å². The van der Waals surface area contributed by atoms with Gasteiger partial charge >= 0.3 is 135 Å². The summed E-state index contributed by atoms with van der Waals surface area (Å²) in [4.78, 5) is 50.1. The maximum absolute atomic E-state index is 12.0. The van der Waals surface area contributed by atoms with Crippen molar-refractivity contribution in [2.24, 2.45) is 0 Å². The average Bonchev–Trinajstić information content (AvgIpc) is 2.58. The Kier molecular flexibility index (Phi) is 9.66. The van der Waals surface area contributed by atoms with Crippen LogP contribution in [0.3, 0.4) is 0 Å². The minimum absolute atomic E-state index is 0.539. The molecule has 0 aromatic carbocycles. The van der Waals surface area contributed by atoms with E-state index in [1.807, 2.05) is 0 Å². The van der Waals surface area contributed by atoms with E-state index in [1.165, 1.54) is 0 Å². The molecular formula is C16H32O4PRu. The zero-order chi connectivity index (χ0) is 17.1. The van der Waals surface area contributed by atoms with Crippen molar-refractivity contribution < 1.29 is 32.3 Å². The Hall–Kier alpha value is -0.267. The summed E-state index contributed by atoms with van der Waals surface area (Å²) in [5.74, 6) is 0. The molecule has 0 atom stereocenters. The second-order valence-corrected chi connectivity index (χ2v) is 27.1. The molecule has 0 saturated carbocycles. The third-order valence-corrected chi connectivity index (χ3v) is 32.3. The van der Waals surface area contributed by atoms with Crippen molar-refractivity contribution in [2.75, 3.05) is 18.5 Å². The first-order valence-corrected chi connectivity index (χ1v) is 17.2. The van der Waals surface area contributed by atoms with Crippen molar-refractivity contribution in [3.63, 3.8) is 0 Å². The van der Waals surface area contributed by atoms with Gasteiger partial charge in [-0.15, -0.1) is 0 Å². The normalized spacial score (nSPS) is 14.6. The van der Waals surface area contributed by atoms with Crippen molar-refractivity contribution in [1.29, 1.82) is 0 Å². The minimum atomic E-state index is -4.85. The monoisotopic (exact) mass is 421 g/mol. The number of carbonyl (C=O) groups is 4. The predicted molar refractivity (Wildman–Crippen MR) is 94.6 cm³/mol. The first kappa shape index (κ1) is 21.7. The molecule has 0 unspecified atom stereocenters. The number of rotatable bonds is 14. The molecule has 4 nitrogen and oxygen atoms in total. The fourth-order valence-electron chi connectivity index (χ4n) is 2.93. The first-order valence-electron chi connectivity index (χ1n) is 8.12. The zero-order valence-electron chi connectivity index (χ0n) is 14.2. The standard InChI is InChI=1S/C12H27P.4CHO.Ru/c1-4-7-10-13(11-8-5-2)12-9-6-3;4*1-2;/h4-12H2,1-3H3;4*1H;/q;;;;;-1/p+1. The molecule has 0 amide bonds. The van der Waals surface area contributed by atoms with E-state index in [4.69, 9.17) is 0 Å². The summed E-state index contributed by atoms with van der Waals surface area (Å²) in [6, 6.07) is 0. The van der Waals surface area contributed by atoms with Crippen LogP contribution in [0.25, 0.3) is 0 Å². The second-order valence-electron chi connectivity index (χ2n) is 5.88. The molecular weight excluding hydrogens is 388 g/mol. The van der Waals surface area contributed by atoms with Crippen molar-refractivity contribution in [3.8, 4) is 0 Å². The quantitative estimate of drug-likeness (QED) is 0.245. The molecule has 22 heavy (non-hydrogen) atoms. The molecule has 6 heteroatoms. The van der Waals surface area contributed by atoms with Crippen LogP contribution >= 0.6 is 5.59 Å². The van der Waals surface area contributed by atoms with E-state index in [0.29, 0.717) is 19.5 Å². The molecule has 0 bridgehead atoms. The van der Waals surface area contributed by atoms with E-state index in [2.05, 4.69) is 20.8 Å². The van der Waals surface area contributed by atoms with Gasteiger partial charge in [-0.3, -0.25) is 0 Å². The van der Waals surface area contributed by atoms with E-state index < -0.39 is 18.7 Å². The van der Waals surface area contributed by atoms with Crippen LogP contribution in [-0.4, -0.2) is 38.0 Å².